The van der Waals surface area contributed by atoms with Crippen molar-refractivity contribution in [2.24, 2.45) is 11.8 Å². The second-order valence-electron chi connectivity index (χ2n) is 7.41. The summed E-state index contributed by atoms with van der Waals surface area (Å²) in [6.07, 6.45) is 10.4. The monoisotopic (exact) mass is 370 g/mol. The second kappa shape index (κ2) is 16.1. The van der Waals surface area contributed by atoms with E-state index in [9.17, 15) is 9.59 Å². The molecule has 154 valence electrons. The molecule has 0 saturated carbocycles. The van der Waals surface area contributed by atoms with Crippen LogP contribution in [0.2, 0.25) is 0 Å². The van der Waals surface area contributed by atoms with E-state index in [0.29, 0.717) is 6.61 Å². The highest BCUT2D eigenvalue weighted by atomic mass is 16.5. The lowest BCUT2D eigenvalue weighted by Gasteiger charge is -2.18. The van der Waals surface area contributed by atoms with Crippen LogP contribution >= 0.6 is 0 Å². The fourth-order valence-corrected chi connectivity index (χ4v) is 3.06. The fraction of sp³-hybridized carbons (Fsp3) is 0.909. The van der Waals surface area contributed by atoms with Crippen molar-refractivity contribution in [3.63, 3.8) is 0 Å². The van der Waals surface area contributed by atoms with Crippen LogP contribution in [0.25, 0.3) is 0 Å². The Bertz CT molecular complexity index is 367. The van der Waals surface area contributed by atoms with Gasteiger partial charge in [-0.1, -0.05) is 53.4 Å². The van der Waals surface area contributed by atoms with Crippen molar-refractivity contribution in [1.82, 2.24) is 0 Å². The van der Waals surface area contributed by atoms with Crippen molar-refractivity contribution in [3.8, 4) is 0 Å². The fourth-order valence-electron chi connectivity index (χ4n) is 3.06. The maximum Gasteiger partial charge on any atom is 0.309 e. The molecule has 0 aromatic carbocycles. The average Bonchev–Trinajstić information content (AvgIpc) is 2.62. The summed E-state index contributed by atoms with van der Waals surface area (Å²) in [6, 6.07) is 0. The molecule has 3 unspecified atom stereocenters. The van der Waals surface area contributed by atoms with Gasteiger partial charge in [0.15, 0.2) is 0 Å². The molecule has 0 aliphatic heterocycles. The molecule has 0 radical (unpaired) electrons. The van der Waals surface area contributed by atoms with E-state index < -0.39 is 0 Å². The van der Waals surface area contributed by atoms with Gasteiger partial charge in [-0.15, -0.1) is 0 Å². The summed E-state index contributed by atoms with van der Waals surface area (Å²) in [5.74, 6) is -0.0277. The van der Waals surface area contributed by atoms with E-state index in [1.807, 2.05) is 20.8 Å². The number of hydrogen-bond acceptors (Lipinski definition) is 4. The summed E-state index contributed by atoms with van der Waals surface area (Å²) < 4.78 is 11.0. The van der Waals surface area contributed by atoms with Gasteiger partial charge in [-0.3, -0.25) is 9.59 Å². The first-order chi connectivity index (χ1) is 12.5. The largest absolute Gasteiger partial charge is 0.465 e. The van der Waals surface area contributed by atoms with Crippen LogP contribution in [0, 0.1) is 11.8 Å². The van der Waals surface area contributed by atoms with Gasteiger partial charge in [0, 0.05) is 0 Å². The summed E-state index contributed by atoms with van der Waals surface area (Å²) in [6.45, 7) is 10.8. The number of esters is 2. The van der Waals surface area contributed by atoms with Gasteiger partial charge in [0.1, 0.15) is 0 Å². The molecule has 0 amide bonds. The Hall–Kier alpha value is -1.06. The normalized spacial score (nSPS) is 14.5. The van der Waals surface area contributed by atoms with E-state index in [-0.39, 0.29) is 29.9 Å². The highest BCUT2D eigenvalue weighted by Crippen LogP contribution is 2.17. The van der Waals surface area contributed by atoms with Crippen molar-refractivity contribution < 1.29 is 19.1 Å². The molecular formula is C22H42O4. The lowest BCUT2D eigenvalue weighted by molar-refractivity contribution is -0.154. The van der Waals surface area contributed by atoms with E-state index in [4.69, 9.17) is 9.47 Å². The van der Waals surface area contributed by atoms with Gasteiger partial charge in [-0.05, 0) is 51.9 Å². The van der Waals surface area contributed by atoms with E-state index in [0.717, 1.165) is 70.6 Å². The number of ether oxygens (including phenoxy) is 2. The van der Waals surface area contributed by atoms with Gasteiger partial charge in [-0.2, -0.15) is 0 Å². The lowest BCUT2D eigenvalue weighted by Crippen LogP contribution is -2.22. The number of hydrogen-bond donors (Lipinski definition) is 0. The zero-order valence-corrected chi connectivity index (χ0v) is 17.9. The van der Waals surface area contributed by atoms with E-state index in [1.165, 1.54) is 0 Å². The van der Waals surface area contributed by atoms with Crippen LogP contribution in [0.15, 0.2) is 0 Å². The molecule has 0 aromatic rings. The molecule has 0 aliphatic carbocycles. The van der Waals surface area contributed by atoms with Gasteiger partial charge in [0.25, 0.3) is 0 Å². The maximum atomic E-state index is 12.2. The molecule has 0 bridgehead atoms. The first kappa shape index (κ1) is 24.9. The zero-order valence-electron chi connectivity index (χ0n) is 17.9. The minimum Gasteiger partial charge on any atom is -0.465 e. The topological polar surface area (TPSA) is 52.6 Å². The molecule has 3 atom stereocenters. The van der Waals surface area contributed by atoms with E-state index >= 15 is 0 Å². The van der Waals surface area contributed by atoms with Crippen molar-refractivity contribution in [3.05, 3.63) is 0 Å². The minimum atomic E-state index is -0.0678. The number of rotatable bonds is 16. The Morgan fingerprint density at radius 1 is 0.731 bits per heavy atom. The van der Waals surface area contributed by atoms with Crippen LogP contribution in [0.4, 0.5) is 0 Å². The lowest BCUT2D eigenvalue weighted by atomic mass is 9.99. The van der Waals surface area contributed by atoms with Gasteiger partial charge in [0.05, 0.1) is 24.5 Å². The van der Waals surface area contributed by atoms with Crippen LogP contribution in [0.1, 0.15) is 105 Å². The third-order valence-electron chi connectivity index (χ3n) is 5.03. The highest BCUT2D eigenvalue weighted by Gasteiger charge is 2.20. The summed E-state index contributed by atoms with van der Waals surface area (Å²) >= 11 is 0. The summed E-state index contributed by atoms with van der Waals surface area (Å²) in [5, 5.41) is 0. The van der Waals surface area contributed by atoms with Crippen LogP contribution in [-0.4, -0.2) is 24.6 Å². The first-order valence-corrected chi connectivity index (χ1v) is 10.9. The van der Waals surface area contributed by atoms with E-state index in [2.05, 4.69) is 13.8 Å². The van der Waals surface area contributed by atoms with Crippen LogP contribution in [-0.2, 0) is 19.1 Å². The van der Waals surface area contributed by atoms with Crippen molar-refractivity contribution in [2.45, 2.75) is 111 Å². The molecule has 0 aromatic heterocycles. The summed E-state index contributed by atoms with van der Waals surface area (Å²) in [7, 11) is 0. The Kier molecular flexibility index (Phi) is 15.5. The predicted octanol–water partition coefficient (Wildman–Crippen LogP) is 6.06. The van der Waals surface area contributed by atoms with Gasteiger partial charge >= 0.3 is 11.9 Å². The minimum absolute atomic E-state index is 0.0347. The molecule has 4 nitrogen and oxygen atoms in total. The Labute approximate surface area is 161 Å². The molecule has 0 heterocycles. The smallest absolute Gasteiger partial charge is 0.309 e. The predicted molar refractivity (Wildman–Crippen MR) is 107 cm³/mol. The maximum absolute atomic E-state index is 12.2. The van der Waals surface area contributed by atoms with Gasteiger partial charge in [0.2, 0.25) is 0 Å². The van der Waals surface area contributed by atoms with Crippen LogP contribution < -0.4 is 0 Å². The zero-order chi connectivity index (χ0) is 19.8. The Balaban J connectivity index is 3.92. The molecule has 0 fully saturated rings. The number of unbranched alkanes of at least 4 members (excludes halogenated alkanes) is 3. The second-order valence-corrected chi connectivity index (χ2v) is 7.41. The molecule has 0 saturated heterocycles. The molecular weight excluding hydrogens is 328 g/mol. The van der Waals surface area contributed by atoms with Crippen molar-refractivity contribution >= 4 is 11.9 Å². The molecule has 0 spiro atoms. The van der Waals surface area contributed by atoms with Crippen LogP contribution in [0.5, 0.6) is 0 Å². The quantitative estimate of drug-likeness (QED) is 0.245. The number of carbonyl (C=O) groups excluding carboxylic acids is 2. The molecule has 0 aliphatic rings. The van der Waals surface area contributed by atoms with Gasteiger partial charge < -0.3 is 9.47 Å². The Morgan fingerprint density at radius 2 is 1.27 bits per heavy atom. The average molecular weight is 371 g/mol. The summed E-state index contributed by atoms with van der Waals surface area (Å²) in [5.41, 5.74) is 0. The molecule has 0 N–H and O–H groups in total. The molecule has 4 heteroatoms. The standard InChI is InChI=1S/C22H42O4/c1-6-10-15-19(8-3)21(23)25-17-13-12-14-18(5)26-22(24)20(9-4)16-11-7-2/h18-20H,6-17H2,1-5H3. The van der Waals surface area contributed by atoms with Gasteiger partial charge in [-0.25, -0.2) is 0 Å². The summed E-state index contributed by atoms with van der Waals surface area (Å²) in [4.78, 5) is 24.2. The molecule has 26 heavy (non-hydrogen) atoms. The third kappa shape index (κ3) is 11.5. The number of carbonyl (C=O) groups is 2. The van der Waals surface area contributed by atoms with Crippen molar-refractivity contribution in [2.75, 3.05) is 6.61 Å². The van der Waals surface area contributed by atoms with Crippen molar-refractivity contribution in [1.29, 1.82) is 0 Å². The first-order valence-electron chi connectivity index (χ1n) is 10.9. The molecule has 0 rings (SSSR count). The highest BCUT2D eigenvalue weighted by molar-refractivity contribution is 5.72. The van der Waals surface area contributed by atoms with E-state index in [1.54, 1.807) is 0 Å². The Morgan fingerprint density at radius 3 is 1.77 bits per heavy atom. The SMILES string of the molecule is CCCCC(CC)C(=O)OCCCCC(C)OC(=O)C(CC)CCCC. The third-order valence-corrected chi connectivity index (χ3v) is 5.03. The van der Waals surface area contributed by atoms with Crippen LogP contribution in [0.3, 0.4) is 0 Å².